The van der Waals surface area contributed by atoms with Crippen molar-refractivity contribution in [3.63, 3.8) is 0 Å². The first-order valence-electron chi connectivity index (χ1n) is 4.97. The summed E-state index contributed by atoms with van der Waals surface area (Å²) in [5.74, 6) is 0. The van der Waals surface area contributed by atoms with Crippen LogP contribution in [0.2, 0.25) is 39.3 Å². The van der Waals surface area contributed by atoms with E-state index in [-0.39, 0.29) is 0 Å². The van der Waals surface area contributed by atoms with Crippen molar-refractivity contribution in [2.75, 3.05) is 14.1 Å². The van der Waals surface area contributed by atoms with Gasteiger partial charge in [0, 0.05) is 0 Å². The predicted molar refractivity (Wildman–Crippen MR) is 70.8 cm³/mol. The van der Waals surface area contributed by atoms with E-state index in [4.69, 9.17) is 0 Å². The van der Waals surface area contributed by atoms with Crippen LogP contribution in [0, 0.1) is 0 Å². The molecule has 2 nitrogen and oxygen atoms in total. The van der Waals surface area contributed by atoms with Crippen LogP contribution in [-0.4, -0.2) is 53.5 Å². The Hall–Kier alpha value is 0.897. The first kappa shape index (κ1) is 13.9. The van der Waals surface area contributed by atoms with E-state index >= 15 is 0 Å². The minimum absolute atomic E-state index is 0.609. The van der Waals surface area contributed by atoms with Crippen LogP contribution in [0.3, 0.4) is 0 Å². The standard InChI is InChI=1S/C8H26GeN2Si2/c1-10(2)9-11(12(3,4)5)13(6,7)8/h9H2,1-8H3. The van der Waals surface area contributed by atoms with Gasteiger partial charge in [-0.2, -0.15) is 0 Å². The number of nitrogens with zero attached hydrogens (tertiary/aromatic N) is 2. The summed E-state index contributed by atoms with van der Waals surface area (Å²) in [7, 11) is 2.39. The van der Waals surface area contributed by atoms with Crippen LogP contribution in [0.5, 0.6) is 0 Å². The third-order valence-corrected chi connectivity index (χ3v) is 24.5. The van der Waals surface area contributed by atoms with E-state index in [0.717, 1.165) is 0 Å². The summed E-state index contributed by atoms with van der Waals surface area (Å²) in [6.45, 7) is 14.9. The maximum absolute atomic E-state index is 2.97. The van der Waals surface area contributed by atoms with Gasteiger partial charge in [-0.15, -0.1) is 0 Å². The molecule has 0 unspecified atom stereocenters. The molecule has 0 atom stereocenters. The van der Waals surface area contributed by atoms with Crippen molar-refractivity contribution >= 4 is 32.3 Å². The van der Waals surface area contributed by atoms with Crippen molar-refractivity contribution in [1.82, 2.24) is 7.05 Å². The molecule has 0 aliphatic rings. The summed E-state index contributed by atoms with van der Waals surface area (Å²) in [6.07, 6.45) is 0. The van der Waals surface area contributed by atoms with Crippen molar-refractivity contribution in [3.05, 3.63) is 0 Å². The Balaban J connectivity index is 4.58. The topological polar surface area (TPSA) is 6.48 Å². The monoisotopic (exact) mass is 280 g/mol. The van der Waals surface area contributed by atoms with E-state index in [1.54, 1.807) is 0 Å². The van der Waals surface area contributed by atoms with Crippen LogP contribution in [0.4, 0.5) is 0 Å². The van der Waals surface area contributed by atoms with E-state index < -0.39 is 32.3 Å². The quantitative estimate of drug-likeness (QED) is 0.720. The molecular weight excluding hydrogens is 253 g/mol. The fourth-order valence-electron chi connectivity index (χ4n) is 1.71. The third-order valence-electron chi connectivity index (χ3n) is 2.04. The van der Waals surface area contributed by atoms with Gasteiger partial charge in [0.05, 0.1) is 0 Å². The number of rotatable bonds is 4. The summed E-state index contributed by atoms with van der Waals surface area (Å²) in [5, 5.41) is 0. The molecule has 0 aromatic carbocycles. The maximum atomic E-state index is 2.97. The Morgan fingerprint density at radius 2 is 1.08 bits per heavy atom. The van der Waals surface area contributed by atoms with Gasteiger partial charge >= 0.3 is 92.8 Å². The summed E-state index contributed by atoms with van der Waals surface area (Å²) in [4.78, 5) is 0. The zero-order valence-corrected chi connectivity index (χ0v) is 15.6. The Morgan fingerprint density at radius 1 is 0.769 bits per heavy atom. The minimum atomic E-state index is -1.05. The molecule has 0 heterocycles. The van der Waals surface area contributed by atoms with E-state index in [9.17, 15) is 0 Å². The summed E-state index contributed by atoms with van der Waals surface area (Å²) < 4.78 is 5.44. The second-order valence-corrected chi connectivity index (χ2v) is 23.4. The first-order valence-corrected chi connectivity index (χ1v) is 14.5. The number of hydrogen-bond donors (Lipinski definition) is 0. The molecule has 0 amide bonds. The van der Waals surface area contributed by atoms with E-state index in [0.29, 0.717) is 0 Å². The molecule has 5 heteroatoms. The van der Waals surface area contributed by atoms with Crippen LogP contribution >= 0.6 is 0 Å². The first-order chi connectivity index (χ1) is 5.55. The molecule has 0 rings (SSSR count). The molecule has 0 aliphatic heterocycles. The average molecular weight is 279 g/mol. The van der Waals surface area contributed by atoms with E-state index in [1.807, 2.05) is 0 Å². The van der Waals surface area contributed by atoms with Crippen molar-refractivity contribution in [3.8, 4) is 0 Å². The molecule has 0 aromatic rings. The Morgan fingerprint density at radius 3 is 1.15 bits per heavy atom. The van der Waals surface area contributed by atoms with Crippen molar-refractivity contribution in [2.45, 2.75) is 39.3 Å². The van der Waals surface area contributed by atoms with Crippen LogP contribution < -0.4 is 0 Å². The SMILES string of the molecule is C[N](C)[GeH2][N]([Si](C)(C)C)[Si](C)(C)C. The van der Waals surface area contributed by atoms with Gasteiger partial charge in [0.1, 0.15) is 0 Å². The molecule has 0 spiro atoms. The van der Waals surface area contributed by atoms with E-state index in [1.165, 1.54) is 0 Å². The van der Waals surface area contributed by atoms with Gasteiger partial charge in [-0.3, -0.25) is 0 Å². The molecule has 0 fully saturated rings. The normalized spacial score (nSPS) is 15.2. The average Bonchev–Trinajstić information content (AvgIpc) is 1.77. The van der Waals surface area contributed by atoms with Crippen molar-refractivity contribution in [1.29, 1.82) is 0 Å². The molecule has 0 N–H and O–H groups in total. The fraction of sp³-hybridized carbons (Fsp3) is 1.00. The molecule has 0 aliphatic carbocycles. The molecule has 80 valence electrons. The summed E-state index contributed by atoms with van der Waals surface area (Å²) in [6, 6.07) is 0. The van der Waals surface area contributed by atoms with Crippen LogP contribution in [0.1, 0.15) is 0 Å². The second-order valence-electron chi connectivity index (χ2n) is 5.99. The Kier molecular flexibility index (Phi) is 4.93. The molecular formula is C8H26GeN2Si2. The van der Waals surface area contributed by atoms with Gasteiger partial charge in [-0.25, -0.2) is 0 Å². The van der Waals surface area contributed by atoms with Crippen molar-refractivity contribution < 1.29 is 0 Å². The van der Waals surface area contributed by atoms with Gasteiger partial charge in [0.15, 0.2) is 0 Å². The molecule has 0 radical (unpaired) electrons. The van der Waals surface area contributed by atoms with Crippen LogP contribution in [-0.2, 0) is 0 Å². The molecule has 13 heavy (non-hydrogen) atoms. The van der Waals surface area contributed by atoms with Gasteiger partial charge in [-0.05, 0) is 0 Å². The zero-order chi connectivity index (χ0) is 10.9. The van der Waals surface area contributed by atoms with Gasteiger partial charge < -0.3 is 0 Å². The summed E-state index contributed by atoms with van der Waals surface area (Å²) in [5.41, 5.74) is 0. The van der Waals surface area contributed by atoms with Crippen molar-refractivity contribution in [2.24, 2.45) is 0 Å². The molecule has 0 saturated carbocycles. The molecule has 0 bridgehead atoms. The van der Waals surface area contributed by atoms with Gasteiger partial charge in [0.25, 0.3) is 0 Å². The number of hydrogen-bond acceptors (Lipinski definition) is 2. The molecule has 0 aromatic heterocycles. The Labute approximate surface area is 92.8 Å². The zero-order valence-electron chi connectivity index (χ0n) is 10.6. The third kappa shape index (κ3) is 5.36. The van der Waals surface area contributed by atoms with Gasteiger partial charge in [-0.1, -0.05) is 0 Å². The second kappa shape index (κ2) is 4.61. The fourth-order valence-corrected chi connectivity index (χ4v) is 20.1. The Bertz CT molecular complexity index is 147. The van der Waals surface area contributed by atoms with Crippen LogP contribution in [0.15, 0.2) is 0 Å². The van der Waals surface area contributed by atoms with Gasteiger partial charge in [0.2, 0.25) is 0 Å². The van der Waals surface area contributed by atoms with E-state index in [2.05, 4.69) is 60.4 Å². The predicted octanol–water partition coefficient (Wildman–Crippen LogP) is 1.52. The van der Waals surface area contributed by atoms with Crippen LogP contribution in [0.25, 0.3) is 0 Å². The summed E-state index contributed by atoms with van der Waals surface area (Å²) >= 11 is -0.609. The molecule has 0 saturated heterocycles.